The molecule has 4 heteroatoms. The molecule has 3 rings (SSSR count). The number of rotatable bonds is 10. The number of ketones is 1. The van der Waals surface area contributed by atoms with Gasteiger partial charge in [0.15, 0.2) is 5.78 Å². The molecule has 2 atom stereocenters. The van der Waals surface area contributed by atoms with Crippen molar-refractivity contribution in [1.82, 2.24) is 0 Å². The van der Waals surface area contributed by atoms with Gasteiger partial charge in [0.25, 0.3) is 0 Å². The van der Waals surface area contributed by atoms with Crippen LogP contribution in [0.15, 0.2) is 54.6 Å². The first-order valence-corrected chi connectivity index (χ1v) is 11.8. The molecule has 1 saturated carbocycles. The van der Waals surface area contributed by atoms with Crippen LogP contribution in [0.4, 0.5) is 5.69 Å². The Bertz CT molecular complexity index is 894. The highest BCUT2D eigenvalue weighted by atomic mass is 16.5. The summed E-state index contributed by atoms with van der Waals surface area (Å²) in [6.07, 6.45) is 6.21. The Morgan fingerprint density at radius 1 is 1.06 bits per heavy atom. The molecule has 2 unspecified atom stereocenters. The fraction of sp³-hybridized carbons (Fsp3) is 0.464. The molecule has 0 radical (unpaired) electrons. The quantitative estimate of drug-likeness (QED) is 0.466. The van der Waals surface area contributed by atoms with Crippen LogP contribution in [0.2, 0.25) is 0 Å². The maximum absolute atomic E-state index is 12.7. The van der Waals surface area contributed by atoms with E-state index in [1.165, 1.54) is 19.3 Å². The number of carbonyl (C=O) groups is 1. The summed E-state index contributed by atoms with van der Waals surface area (Å²) in [6, 6.07) is 17.9. The predicted octanol–water partition coefficient (Wildman–Crippen LogP) is 6.01. The van der Waals surface area contributed by atoms with Gasteiger partial charge in [-0.05, 0) is 43.4 Å². The van der Waals surface area contributed by atoms with Crippen LogP contribution in [0.3, 0.4) is 0 Å². The number of carbonyl (C=O) groups excluding carboxylic acids is 1. The Morgan fingerprint density at radius 3 is 2.56 bits per heavy atom. The average molecular weight is 434 g/mol. The van der Waals surface area contributed by atoms with Crippen molar-refractivity contribution in [3.8, 4) is 17.6 Å². The standard InChI is InChI=1S/C28H35NO3/c1-3-4-11-19-31-26-18-12-17-25(20-26)29-27(24-15-9-6-10-16-24)28(22(2)30)32-21-23-13-7-5-8-14-23/h5,7-8,12-14,17-18,20,24,27-29H,3,6,9-10,15-16,19,21H2,1-2H3. The minimum Gasteiger partial charge on any atom is -0.481 e. The van der Waals surface area contributed by atoms with Gasteiger partial charge in [-0.3, -0.25) is 4.79 Å². The second-order valence-electron chi connectivity index (χ2n) is 8.42. The summed E-state index contributed by atoms with van der Waals surface area (Å²) >= 11 is 0. The third-order valence-corrected chi connectivity index (χ3v) is 5.94. The molecule has 1 fully saturated rings. The van der Waals surface area contributed by atoms with Gasteiger partial charge in [0, 0.05) is 18.2 Å². The Balaban J connectivity index is 1.76. The number of ether oxygens (including phenoxy) is 2. The molecule has 2 aromatic carbocycles. The van der Waals surface area contributed by atoms with Crippen molar-refractivity contribution in [3.05, 3.63) is 60.2 Å². The zero-order valence-corrected chi connectivity index (χ0v) is 19.3. The second-order valence-corrected chi connectivity index (χ2v) is 8.42. The number of Topliss-reactive ketones (excluding diaryl/α,β-unsaturated/α-hetero) is 1. The lowest BCUT2D eigenvalue weighted by Gasteiger charge is -2.36. The van der Waals surface area contributed by atoms with Crippen LogP contribution in [0.1, 0.15) is 57.9 Å². The zero-order valence-electron chi connectivity index (χ0n) is 19.3. The highest BCUT2D eigenvalue weighted by Crippen LogP contribution is 2.32. The summed E-state index contributed by atoms with van der Waals surface area (Å²) in [7, 11) is 0. The zero-order chi connectivity index (χ0) is 22.6. The van der Waals surface area contributed by atoms with Crippen molar-refractivity contribution < 1.29 is 14.3 Å². The summed E-state index contributed by atoms with van der Waals surface area (Å²) < 4.78 is 12.0. The third kappa shape index (κ3) is 7.43. The molecule has 0 aliphatic heterocycles. The SMILES string of the molecule is CCC#CCOc1cccc(NC(C2CCCCC2)C(OCc2ccccc2)C(C)=O)c1. The van der Waals surface area contributed by atoms with Gasteiger partial charge < -0.3 is 14.8 Å². The van der Waals surface area contributed by atoms with E-state index in [0.29, 0.717) is 19.1 Å². The summed E-state index contributed by atoms with van der Waals surface area (Å²) in [6.45, 7) is 4.46. The van der Waals surface area contributed by atoms with Crippen LogP contribution in [-0.4, -0.2) is 24.5 Å². The van der Waals surface area contributed by atoms with Crippen molar-refractivity contribution in [2.24, 2.45) is 5.92 Å². The van der Waals surface area contributed by atoms with Crippen LogP contribution in [0.5, 0.6) is 5.75 Å². The topological polar surface area (TPSA) is 47.6 Å². The molecule has 0 heterocycles. The van der Waals surface area contributed by atoms with Crippen LogP contribution in [0, 0.1) is 17.8 Å². The Kier molecular flexibility index (Phi) is 9.65. The predicted molar refractivity (Wildman–Crippen MR) is 130 cm³/mol. The lowest BCUT2D eigenvalue weighted by molar-refractivity contribution is -0.131. The number of nitrogens with one attached hydrogen (secondary N) is 1. The summed E-state index contributed by atoms with van der Waals surface area (Å²) in [5.74, 6) is 7.25. The van der Waals surface area contributed by atoms with Crippen LogP contribution in [0.25, 0.3) is 0 Å². The van der Waals surface area contributed by atoms with Crippen molar-refractivity contribution in [2.75, 3.05) is 11.9 Å². The molecule has 1 aliphatic rings. The van der Waals surface area contributed by atoms with Gasteiger partial charge in [0.2, 0.25) is 0 Å². The molecule has 0 amide bonds. The van der Waals surface area contributed by atoms with E-state index in [2.05, 4.69) is 17.2 Å². The molecular formula is C28H35NO3. The summed E-state index contributed by atoms with van der Waals surface area (Å²) in [5, 5.41) is 3.65. The van der Waals surface area contributed by atoms with E-state index in [1.807, 2.05) is 61.5 Å². The van der Waals surface area contributed by atoms with E-state index in [-0.39, 0.29) is 11.8 Å². The summed E-state index contributed by atoms with van der Waals surface area (Å²) in [5.41, 5.74) is 2.01. The van der Waals surface area contributed by atoms with Gasteiger partial charge in [-0.2, -0.15) is 0 Å². The lowest BCUT2D eigenvalue weighted by Crippen LogP contribution is -2.46. The van der Waals surface area contributed by atoms with Gasteiger partial charge in [-0.15, -0.1) is 5.92 Å². The molecule has 0 bridgehead atoms. The molecule has 0 spiro atoms. The molecule has 32 heavy (non-hydrogen) atoms. The van der Waals surface area contributed by atoms with Gasteiger partial charge in [-0.1, -0.05) is 68.5 Å². The molecule has 0 saturated heterocycles. The Hall–Kier alpha value is -2.77. The maximum atomic E-state index is 12.7. The lowest BCUT2D eigenvalue weighted by atomic mass is 9.80. The van der Waals surface area contributed by atoms with Crippen LogP contribution < -0.4 is 10.1 Å². The Morgan fingerprint density at radius 2 is 1.84 bits per heavy atom. The fourth-order valence-electron chi connectivity index (χ4n) is 4.33. The van der Waals surface area contributed by atoms with E-state index < -0.39 is 6.10 Å². The van der Waals surface area contributed by atoms with E-state index >= 15 is 0 Å². The minimum absolute atomic E-state index is 0.0613. The third-order valence-electron chi connectivity index (χ3n) is 5.94. The van der Waals surface area contributed by atoms with Crippen molar-refractivity contribution in [3.63, 3.8) is 0 Å². The van der Waals surface area contributed by atoms with Crippen LogP contribution >= 0.6 is 0 Å². The Labute approximate surface area is 192 Å². The number of hydrogen-bond acceptors (Lipinski definition) is 4. The molecule has 2 aromatic rings. The van der Waals surface area contributed by atoms with Crippen molar-refractivity contribution in [2.45, 2.75) is 71.1 Å². The molecule has 0 aromatic heterocycles. The number of anilines is 1. The molecule has 4 nitrogen and oxygen atoms in total. The van der Waals surface area contributed by atoms with Gasteiger partial charge in [-0.25, -0.2) is 0 Å². The normalized spacial score (nSPS) is 15.8. The minimum atomic E-state index is -0.502. The molecule has 1 N–H and O–H groups in total. The summed E-state index contributed by atoms with van der Waals surface area (Å²) in [4.78, 5) is 12.7. The second kappa shape index (κ2) is 12.9. The van der Waals surface area contributed by atoms with Crippen LogP contribution in [-0.2, 0) is 16.1 Å². The van der Waals surface area contributed by atoms with E-state index in [1.54, 1.807) is 6.92 Å². The van der Waals surface area contributed by atoms with Gasteiger partial charge >= 0.3 is 0 Å². The maximum Gasteiger partial charge on any atom is 0.160 e. The van der Waals surface area contributed by atoms with Crippen molar-refractivity contribution >= 4 is 11.5 Å². The van der Waals surface area contributed by atoms with E-state index in [9.17, 15) is 4.79 Å². The van der Waals surface area contributed by atoms with Crippen molar-refractivity contribution in [1.29, 1.82) is 0 Å². The molecular weight excluding hydrogens is 398 g/mol. The number of benzene rings is 2. The van der Waals surface area contributed by atoms with Gasteiger partial charge in [0.1, 0.15) is 18.5 Å². The largest absolute Gasteiger partial charge is 0.481 e. The van der Waals surface area contributed by atoms with E-state index in [4.69, 9.17) is 9.47 Å². The first-order valence-electron chi connectivity index (χ1n) is 11.8. The first kappa shape index (κ1) is 23.9. The highest BCUT2D eigenvalue weighted by molar-refractivity contribution is 5.82. The molecule has 1 aliphatic carbocycles. The van der Waals surface area contributed by atoms with E-state index in [0.717, 1.165) is 36.3 Å². The van der Waals surface area contributed by atoms with Gasteiger partial charge in [0.05, 0.1) is 12.6 Å². The first-order chi connectivity index (χ1) is 15.7. The monoisotopic (exact) mass is 433 g/mol. The highest BCUT2D eigenvalue weighted by Gasteiger charge is 2.34. The average Bonchev–Trinajstić information content (AvgIpc) is 2.82. The molecule has 170 valence electrons. The smallest absolute Gasteiger partial charge is 0.160 e. The fourth-order valence-corrected chi connectivity index (χ4v) is 4.33. The number of hydrogen-bond donors (Lipinski definition) is 1.